The minimum atomic E-state index is -0.751. The molecule has 34 heavy (non-hydrogen) atoms. The summed E-state index contributed by atoms with van der Waals surface area (Å²) in [5.74, 6) is 1.22. The number of furan rings is 1. The molecule has 9 heteroatoms. The number of aliphatic hydroxyl groups is 1. The van der Waals surface area contributed by atoms with E-state index in [2.05, 4.69) is 25.2 Å². The molecule has 1 fully saturated rings. The summed E-state index contributed by atoms with van der Waals surface area (Å²) in [5.41, 5.74) is 3.71. The Morgan fingerprint density at radius 1 is 1.12 bits per heavy atom. The average Bonchev–Trinajstić information content (AvgIpc) is 3.58. The number of imidazole rings is 1. The van der Waals surface area contributed by atoms with Crippen molar-refractivity contribution < 1.29 is 9.52 Å². The number of hydrogen-bond acceptors (Lipinski definition) is 8. The molecule has 0 radical (unpaired) electrons. The van der Waals surface area contributed by atoms with Crippen LogP contribution in [0.3, 0.4) is 0 Å². The van der Waals surface area contributed by atoms with Gasteiger partial charge < -0.3 is 24.7 Å². The van der Waals surface area contributed by atoms with Crippen LogP contribution in [0.1, 0.15) is 57.6 Å². The lowest BCUT2D eigenvalue weighted by atomic mass is 10.1. The van der Waals surface area contributed by atoms with Crippen LogP contribution >= 0.6 is 0 Å². The van der Waals surface area contributed by atoms with Crippen LogP contribution in [0.4, 0.5) is 11.8 Å². The van der Waals surface area contributed by atoms with Crippen LogP contribution < -0.4 is 10.6 Å². The largest absolute Gasteiger partial charge is 0.472 e. The molecule has 0 saturated heterocycles. The van der Waals surface area contributed by atoms with E-state index in [1.54, 1.807) is 26.4 Å². The van der Waals surface area contributed by atoms with Crippen LogP contribution in [0.15, 0.2) is 47.7 Å². The average molecular weight is 462 g/mol. The molecule has 1 aliphatic carbocycles. The van der Waals surface area contributed by atoms with Crippen molar-refractivity contribution >= 4 is 22.9 Å². The van der Waals surface area contributed by atoms with Gasteiger partial charge in [-0.3, -0.25) is 4.98 Å². The fourth-order valence-electron chi connectivity index (χ4n) is 4.34. The van der Waals surface area contributed by atoms with Crippen molar-refractivity contribution in [3.8, 4) is 11.3 Å². The highest BCUT2D eigenvalue weighted by atomic mass is 16.3. The van der Waals surface area contributed by atoms with Gasteiger partial charge in [-0.25, -0.2) is 4.98 Å². The minimum absolute atomic E-state index is 0.427. The quantitative estimate of drug-likeness (QED) is 0.326. The van der Waals surface area contributed by atoms with E-state index in [9.17, 15) is 5.11 Å². The lowest BCUT2D eigenvalue weighted by Gasteiger charge is -2.17. The van der Waals surface area contributed by atoms with Crippen LogP contribution in [0.25, 0.3) is 22.4 Å². The maximum atomic E-state index is 10.0. The predicted molar refractivity (Wildman–Crippen MR) is 131 cm³/mol. The highest BCUT2D eigenvalue weighted by Crippen LogP contribution is 2.33. The van der Waals surface area contributed by atoms with Gasteiger partial charge in [0, 0.05) is 30.9 Å². The van der Waals surface area contributed by atoms with Crippen molar-refractivity contribution in [1.82, 2.24) is 24.5 Å². The standard InChI is InChI=1S/C25H31N7O2/c1-25(2,33)10-11-26-24-30-22(21-23(31-24)32(16-29-21)19-5-3-4-6-19)28-14-17-7-8-20(27-13-17)18-9-12-34-15-18/h7-9,12-13,15-16,19,33H,3-6,10-11,14H2,1-2H3,(H2,26,28,30,31). The van der Waals surface area contributed by atoms with Gasteiger partial charge in [-0.15, -0.1) is 0 Å². The zero-order valence-electron chi connectivity index (χ0n) is 19.7. The predicted octanol–water partition coefficient (Wildman–Crippen LogP) is 4.78. The van der Waals surface area contributed by atoms with Gasteiger partial charge in [0.1, 0.15) is 0 Å². The molecule has 0 unspecified atom stereocenters. The van der Waals surface area contributed by atoms with Gasteiger partial charge >= 0.3 is 0 Å². The number of nitrogens with zero attached hydrogens (tertiary/aromatic N) is 5. The van der Waals surface area contributed by atoms with Crippen molar-refractivity contribution in [2.24, 2.45) is 0 Å². The van der Waals surface area contributed by atoms with Gasteiger partial charge in [0.05, 0.1) is 30.1 Å². The van der Waals surface area contributed by atoms with Crippen LogP contribution in [0, 0.1) is 0 Å². The van der Waals surface area contributed by atoms with Crippen LogP contribution in [-0.4, -0.2) is 41.8 Å². The summed E-state index contributed by atoms with van der Waals surface area (Å²) in [7, 11) is 0. The van der Waals surface area contributed by atoms with E-state index in [1.165, 1.54) is 12.8 Å². The second kappa shape index (κ2) is 9.42. The fraction of sp³-hybridized carbons (Fsp3) is 0.440. The molecule has 178 valence electrons. The Morgan fingerprint density at radius 3 is 2.68 bits per heavy atom. The molecule has 4 aromatic heterocycles. The Balaban J connectivity index is 1.38. The van der Waals surface area contributed by atoms with Crippen molar-refractivity contribution in [1.29, 1.82) is 0 Å². The van der Waals surface area contributed by atoms with Crippen molar-refractivity contribution in [3.63, 3.8) is 0 Å². The summed E-state index contributed by atoms with van der Waals surface area (Å²) in [4.78, 5) is 18.7. The monoisotopic (exact) mass is 461 g/mol. The van der Waals surface area contributed by atoms with Gasteiger partial charge in [-0.1, -0.05) is 18.9 Å². The number of nitrogens with one attached hydrogen (secondary N) is 2. The van der Waals surface area contributed by atoms with Gasteiger partial charge in [0.2, 0.25) is 5.95 Å². The minimum Gasteiger partial charge on any atom is -0.472 e. The highest BCUT2D eigenvalue weighted by Gasteiger charge is 2.22. The lowest BCUT2D eigenvalue weighted by Crippen LogP contribution is -2.23. The number of anilines is 2. The first-order valence-corrected chi connectivity index (χ1v) is 11.9. The van der Waals surface area contributed by atoms with E-state index >= 15 is 0 Å². The van der Waals surface area contributed by atoms with Crippen molar-refractivity contribution in [2.75, 3.05) is 17.2 Å². The zero-order valence-corrected chi connectivity index (χ0v) is 19.7. The Labute approximate surface area is 198 Å². The maximum Gasteiger partial charge on any atom is 0.226 e. The molecule has 0 atom stereocenters. The Hall–Kier alpha value is -3.46. The van der Waals surface area contributed by atoms with E-state index in [0.717, 1.165) is 40.8 Å². The molecule has 0 bridgehead atoms. The third-order valence-corrected chi connectivity index (χ3v) is 6.26. The highest BCUT2D eigenvalue weighted by molar-refractivity contribution is 5.84. The lowest BCUT2D eigenvalue weighted by molar-refractivity contribution is 0.0748. The molecule has 3 N–H and O–H groups in total. The van der Waals surface area contributed by atoms with Crippen molar-refractivity contribution in [2.45, 2.75) is 64.1 Å². The molecule has 4 aromatic rings. The number of fused-ring (bicyclic) bond motifs is 1. The fourth-order valence-corrected chi connectivity index (χ4v) is 4.34. The first kappa shape index (κ1) is 22.3. The first-order valence-electron chi connectivity index (χ1n) is 11.9. The summed E-state index contributed by atoms with van der Waals surface area (Å²) in [6, 6.07) is 6.35. The molecule has 0 spiro atoms. The molecule has 4 heterocycles. The molecule has 9 nitrogen and oxygen atoms in total. The van der Waals surface area contributed by atoms with Crippen LogP contribution in [0.2, 0.25) is 0 Å². The number of hydrogen-bond donors (Lipinski definition) is 3. The second-order valence-electron chi connectivity index (χ2n) is 9.56. The van der Waals surface area contributed by atoms with Crippen molar-refractivity contribution in [3.05, 3.63) is 48.8 Å². The van der Waals surface area contributed by atoms with Crippen LogP contribution in [-0.2, 0) is 6.54 Å². The van der Waals surface area contributed by atoms with Gasteiger partial charge in [0.15, 0.2) is 17.0 Å². The topological polar surface area (TPSA) is 114 Å². The van der Waals surface area contributed by atoms with E-state index in [0.29, 0.717) is 37.3 Å². The number of pyridine rings is 1. The SMILES string of the molecule is CC(C)(O)CCNc1nc(NCc2ccc(-c3ccoc3)nc2)c2ncn(C3CCCC3)c2n1. The number of rotatable bonds is 9. The summed E-state index contributed by atoms with van der Waals surface area (Å²) in [6.07, 6.45) is 12.4. The first-order chi connectivity index (χ1) is 16.5. The molecule has 0 aliphatic heterocycles. The van der Waals surface area contributed by atoms with E-state index in [-0.39, 0.29) is 0 Å². The Bertz CT molecular complexity index is 1220. The molecule has 0 aromatic carbocycles. The third kappa shape index (κ3) is 5.04. The van der Waals surface area contributed by atoms with Gasteiger partial charge in [-0.05, 0) is 50.8 Å². The van der Waals surface area contributed by atoms with E-state index in [4.69, 9.17) is 14.4 Å². The van der Waals surface area contributed by atoms with E-state index in [1.807, 2.05) is 30.7 Å². The molecule has 0 amide bonds. The van der Waals surface area contributed by atoms with Crippen LogP contribution in [0.5, 0.6) is 0 Å². The molecular weight excluding hydrogens is 430 g/mol. The van der Waals surface area contributed by atoms with Gasteiger partial charge in [-0.2, -0.15) is 9.97 Å². The summed E-state index contributed by atoms with van der Waals surface area (Å²) in [5, 5.41) is 16.8. The Morgan fingerprint density at radius 2 is 1.97 bits per heavy atom. The molecule has 1 saturated carbocycles. The normalized spacial score (nSPS) is 14.7. The summed E-state index contributed by atoms with van der Waals surface area (Å²) < 4.78 is 7.34. The smallest absolute Gasteiger partial charge is 0.226 e. The van der Waals surface area contributed by atoms with Gasteiger partial charge in [0.25, 0.3) is 0 Å². The Kier molecular flexibility index (Phi) is 6.19. The third-order valence-electron chi connectivity index (χ3n) is 6.26. The van der Waals surface area contributed by atoms with E-state index < -0.39 is 5.60 Å². The molecule has 5 rings (SSSR count). The second-order valence-corrected chi connectivity index (χ2v) is 9.56. The summed E-state index contributed by atoms with van der Waals surface area (Å²) >= 11 is 0. The zero-order chi connectivity index (χ0) is 23.5. The summed E-state index contributed by atoms with van der Waals surface area (Å²) in [6.45, 7) is 4.73. The molecule has 1 aliphatic rings. The molecular formula is C25H31N7O2. The number of aromatic nitrogens is 5. The maximum absolute atomic E-state index is 10.0.